The summed E-state index contributed by atoms with van der Waals surface area (Å²) in [6.07, 6.45) is 1.83. The molecule has 144 valence electrons. The Morgan fingerprint density at radius 1 is 1.30 bits per heavy atom. The maximum absolute atomic E-state index is 12.4. The van der Waals surface area contributed by atoms with E-state index in [1.165, 1.54) is 16.9 Å². The normalized spacial score (nSPS) is 17.5. The van der Waals surface area contributed by atoms with Gasteiger partial charge in [-0.05, 0) is 26.3 Å². The SMILES string of the molecule is Cc1ccc(-c2csc(NC(=O)CN3CCCC(C(=O)N(C)C)C3)n2)cc1. The molecule has 1 aliphatic rings. The fourth-order valence-corrected chi connectivity index (χ4v) is 4.05. The van der Waals surface area contributed by atoms with Crippen molar-refractivity contribution in [3.8, 4) is 11.3 Å². The highest BCUT2D eigenvalue weighted by molar-refractivity contribution is 7.14. The number of carbonyl (C=O) groups is 2. The van der Waals surface area contributed by atoms with Gasteiger partial charge in [0.15, 0.2) is 5.13 Å². The molecule has 0 spiro atoms. The molecular weight excluding hydrogens is 360 g/mol. The first-order valence-corrected chi connectivity index (χ1v) is 10.1. The second-order valence-corrected chi connectivity index (χ2v) is 8.12. The van der Waals surface area contributed by atoms with Crippen molar-refractivity contribution in [2.75, 3.05) is 39.0 Å². The van der Waals surface area contributed by atoms with Crippen molar-refractivity contribution in [3.63, 3.8) is 0 Å². The maximum Gasteiger partial charge on any atom is 0.240 e. The van der Waals surface area contributed by atoms with Crippen molar-refractivity contribution in [1.82, 2.24) is 14.8 Å². The molecule has 1 unspecified atom stereocenters. The van der Waals surface area contributed by atoms with Crippen LogP contribution in [-0.2, 0) is 9.59 Å². The Kier molecular flexibility index (Phi) is 6.23. The molecule has 1 aromatic carbocycles. The van der Waals surface area contributed by atoms with Crippen LogP contribution in [0.3, 0.4) is 0 Å². The fraction of sp³-hybridized carbons (Fsp3) is 0.450. The average Bonchev–Trinajstić information content (AvgIpc) is 3.10. The van der Waals surface area contributed by atoms with E-state index >= 15 is 0 Å². The summed E-state index contributed by atoms with van der Waals surface area (Å²) in [5.41, 5.74) is 3.11. The third-order valence-corrected chi connectivity index (χ3v) is 5.52. The highest BCUT2D eigenvalue weighted by atomic mass is 32.1. The number of aromatic nitrogens is 1. The average molecular weight is 387 g/mol. The summed E-state index contributed by atoms with van der Waals surface area (Å²) in [6.45, 7) is 3.82. The van der Waals surface area contributed by atoms with Crippen LogP contribution in [0.15, 0.2) is 29.6 Å². The van der Waals surface area contributed by atoms with Gasteiger partial charge in [-0.2, -0.15) is 0 Å². The predicted octanol–water partition coefficient (Wildman–Crippen LogP) is 2.86. The van der Waals surface area contributed by atoms with E-state index in [1.807, 2.05) is 24.4 Å². The molecule has 7 heteroatoms. The Balaban J connectivity index is 1.55. The highest BCUT2D eigenvalue weighted by Gasteiger charge is 2.27. The molecule has 27 heavy (non-hydrogen) atoms. The molecule has 1 atom stereocenters. The zero-order valence-electron chi connectivity index (χ0n) is 16.1. The lowest BCUT2D eigenvalue weighted by Gasteiger charge is -2.32. The largest absolute Gasteiger partial charge is 0.349 e. The van der Waals surface area contributed by atoms with Crippen LogP contribution in [0.25, 0.3) is 11.3 Å². The smallest absolute Gasteiger partial charge is 0.240 e. The number of thiazole rings is 1. The van der Waals surface area contributed by atoms with E-state index in [-0.39, 0.29) is 24.3 Å². The molecule has 1 aromatic heterocycles. The lowest BCUT2D eigenvalue weighted by Crippen LogP contribution is -2.45. The number of rotatable bonds is 5. The Labute approximate surface area is 164 Å². The Hall–Kier alpha value is -2.25. The third-order valence-electron chi connectivity index (χ3n) is 4.76. The van der Waals surface area contributed by atoms with Crippen LogP contribution in [0.2, 0.25) is 0 Å². The highest BCUT2D eigenvalue weighted by Crippen LogP contribution is 2.25. The lowest BCUT2D eigenvalue weighted by atomic mass is 9.97. The molecule has 0 radical (unpaired) electrons. The summed E-state index contributed by atoms with van der Waals surface area (Å²) < 4.78 is 0. The molecule has 1 fully saturated rings. The summed E-state index contributed by atoms with van der Waals surface area (Å²) in [7, 11) is 3.56. The van der Waals surface area contributed by atoms with Crippen molar-refractivity contribution in [3.05, 3.63) is 35.2 Å². The molecule has 1 N–H and O–H groups in total. The van der Waals surface area contributed by atoms with E-state index in [1.54, 1.807) is 19.0 Å². The topological polar surface area (TPSA) is 65.5 Å². The monoisotopic (exact) mass is 386 g/mol. The van der Waals surface area contributed by atoms with Crippen molar-refractivity contribution in [2.24, 2.45) is 5.92 Å². The van der Waals surface area contributed by atoms with Crippen LogP contribution in [0, 0.1) is 12.8 Å². The van der Waals surface area contributed by atoms with Crippen molar-refractivity contribution >= 4 is 28.3 Å². The molecule has 2 amide bonds. The number of hydrogen-bond acceptors (Lipinski definition) is 5. The van der Waals surface area contributed by atoms with E-state index in [2.05, 4.69) is 27.3 Å². The van der Waals surface area contributed by atoms with E-state index < -0.39 is 0 Å². The van der Waals surface area contributed by atoms with E-state index in [9.17, 15) is 9.59 Å². The summed E-state index contributed by atoms with van der Waals surface area (Å²) in [4.78, 5) is 32.8. The summed E-state index contributed by atoms with van der Waals surface area (Å²) in [6, 6.07) is 8.17. The number of likely N-dealkylation sites (tertiary alicyclic amines) is 1. The number of piperidine rings is 1. The Bertz CT molecular complexity index is 801. The van der Waals surface area contributed by atoms with Crippen molar-refractivity contribution in [2.45, 2.75) is 19.8 Å². The molecular formula is C20H26N4O2S. The van der Waals surface area contributed by atoms with Gasteiger partial charge in [0.25, 0.3) is 0 Å². The molecule has 2 heterocycles. The minimum absolute atomic E-state index is 0.0189. The molecule has 0 saturated carbocycles. The van der Waals surface area contributed by atoms with Crippen LogP contribution in [0.5, 0.6) is 0 Å². The molecule has 0 aliphatic carbocycles. The number of aryl methyl sites for hydroxylation is 1. The zero-order valence-corrected chi connectivity index (χ0v) is 16.9. The standard InChI is InChI=1S/C20H26N4O2S/c1-14-6-8-15(9-7-14)17-13-27-20(21-17)22-18(25)12-24-10-4-5-16(11-24)19(26)23(2)3/h6-9,13,16H,4-5,10-12H2,1-3H3,(H,21,22,25). The number of anilines is 1. The first-order valence-electron chi connectivity index (χ1n) is 9.18. The maximum atomic E-state index is 12.4. The quantitative estimate of drug-likeness (QED) is 0.858. The van der Waals surface area contributed by atoms with Gasteiger partial charge in [-0.15, -0.1) is 11.3 Å². The number of nitrogens with zero attached hydrogens (tertiary/aromatic N) is 3. The van der Waals surface area contributed by atoms with Gasteiger partial charge < -0.3 is 10.2 Å². The van der Waals surface area contributed by atoms with Crippen LogP contribution in [0.4, 0.5) is 5.13 Å². The van der Waals surface area contributed by atoms with Crippen LogP contribution in [0.1, 0.15) is 18.4 Å². The molecule has 1 saturated heterocycles. The fourth-order valence-electron chi connectivity index (χ4n) is 3.32. The molecule has 6 nitrogen and oxygen atoms in total. The molecule has 0 bridgehead atoms. The number of amides is 2. The Morgan fingerprint density at radius 3 is 2.74 bits per heavy atom. The Morgan fingerprint density at radius 2 is 2.04 bits per heavy atom. The van der Waals surface area contributed by atoms with Gasteiger partial charge in [-0.25, -0.2) is 4.98 Å². The third kappa shape index (κ3) is 5.14. The van der Waals surface area contributed by atoms with E-state index in [0.717, 1.165) is 30.6 Å². The van der Waals surface area contributed by atoms with Crippen molar-refractivity contribution < 1.29 is 9.59 Å². The van der Waals surface area contributed by atoms with Crippen LogP contribution >= 0.6 is 11.3 Å². The van der Waals surface area contributed by atoms with E-state index in [0.29, 0.717) is 11.7 Å². The van der Waals surface area contributed by atoms with Gasteiger partial charge in [0, 0.05) is 31.6 Å². The number of benzene rings is 1. The van der Waals surface area contributed by atoms with Gasteiger partial charge in [0.2, 0.25) is 11.8 Å². The van der Waals surface area contributed by atoms with Crippen molar-refractivity contribution in [1.29, 1.82) is 0 Å². The molecule has 1 aliphatic heterocycles. The van der Waals surface area contributed by atoms with Gasteiger partial charge in [-0.1, -0.05) is 29.8 Å². The zero-order chi connectivity index (χ0) is 19.4. The number of nitrogens with one attached hydrogen (secondary N) is 1. The number of carbonyl (C=O) groups excluding carboxylic acids is 2. The summed E-state index contributed by atoms with van der Waals surface area (Å²) in [5, 5.41) is 5.45. The first kappa shape index (κ1) is 19.5. The van der Waals surface area contributed by atoms with E-state index in [4.69, 9.17) is 0 Å². The van der Waals surface area contributed by atoms with Gasteiger partial charge in [0.1, 0.15) is 0 Å². The predicted molar refractivity (Wildman–Crippen MR) is 109 cm³/mol. The molecule has 2 aromatic rings. The summed E-state index contributed by atoms with van der Waals surface area (Å²) in [5.74, 6) is 0.0371. The van der Waals surface area contributed by atoms with Gasteiger partial charge in [0.05, 0.1) is 18.2 Å². The summed E-state index contributed by atoms with van der Waals surface area (Å²) >= 11 is 1.43. The van der Waals surface area contributed by atoms with Crippen LogP contribution < -0.4 is 5.32 Å². The molecule has 3 rings (SSSR count). The second kappa shape index (κ2) is 8.63. The number of hydrogen-bond donors (Lipinski definition) is 1. The van der Waals surface area contributed by atoms with Crippen LogP contribution in [-0.4, -0.2) is 60.3 Å². The minimum Gasteiger partial charge on any atom is -0.349 e. The first-order chi connectivity index (χ1) is 12.9. The lowest BCUT2D eigenvalue weighted by molar-refractivity contribution is -0.135. The minimum atomic E-state index is -0.0854. The van der Waals surface area contributed by atoms with Gasteiger partial charge in [-0.3, -0.25) is 14.5 Å². The second-order valence-electron chi connectivity index (χ2n) is 7.26. The van der Waals surface area contributed by atoms with Gasteiger partial charge >= 0.3 is 0 Å².